The summed E-state index contributed by atoms with van der Waals surface area (Å²) in [5, 5.41) is 0. The van der Waals surface area contributed by atoms with Crippen LogP contribution in [0.15, 0.2) is 11.6 Å². The zero-order valence-corrected chi connectivity index (χ0v) is 23.4. The van der Waals surface area contributed by atoms with Gasteiger partial charge in [-0.3, -0.25) is 9.59 Å². The van der Waals surface area contributed by atoms with Gasteiger partial charge >= 0.3 is 11.9 Å². The Balaban J connectivity index is 1.25. The molecule has 0 bridgehead atoms. The van der Waals surface area contributed by atoms with Crippen molar-refractivity contribution in [1.82, 2.24) is 0 Å². The Labute approximate surface area is 218 Å². The molecule has 1 heterocycles. The molecular weight excluding hydrogens is 452 g/mol. The molecule has 0 aromatic carbocycles. The SMILES string of the molecule is CC(=O)OC[C@H](C)CC[C@H]1O[C@H]2C[C@H]3[C@@H]4CC=C5C[C@@H](OC(C)=O)CC[C@]5(C)[C@H]4CC[C@]3(C)[C@H]2[C@@H]1C. The van der Waals surface area contributed by atoms with E-state index in [4.69, 9.17) is 14.2 Å². The van der Waals surface area contributed by atoms with Crippen LogP contribution in [0.2, 0.25) is 0 Å². The predicted molar refractivity (Wildman–Crippen MR) is 139 cm³/mol. The van der Waals surface area contributed by atoms with E-state index in [0.717, 1.165) is 49.9 Å². The summed E-state index contributed by atoms with van der Waals surface area (Å²) in [5.41, 5.74) is 2.21. The largest absolute Gasteiger partial charge is 0.466 e. The number of fused-ring (bicyclic) bond motifs is 7. The number of carbonyl (C=O) groups excluding carboxylic acids is 2. The Bertz CT molecular complexity index is 895. The molecule has 0 amide bonds. The Hall–Kier alpha value is -1.36. The number of carbonyl (C=O) groups is 2. The van der Waals surface area contributed by atoms with Crippen LogP contribution in [0.1, 0.15) is 99.3 Å². The molecule has 1 aliphatic heterocycles. The smallest absolute Gasteiger partial charge is 0.302 e. The summed E-state index contributed by atoms with van der Waals surface area (Å²) in [6.45, 7) is 13.3. The number of hydrogen-bond acceptors (Lipinski definition) is 5. The minimum atomic E-state index is -0.188. The van der Waals surface area contributed by atoms with Crippen molar-refractivity contribution in [3.63, 3.8) is 0 Å². The maximum absolute atomic E-state index is 11.5. The third-order valence-corrected chi connectivity index (χ3v) is 11.5. The molecule has 0 aromatic rings. The number of allylic oxidation sites excluding steroid dienone is 1. The first kappa shape index (κ1) is 26.3. The lowest BCUT2D eigenvalue weighted by Gasteiger charge is -2.58. The second-order valence-electron chi connectivity index (χ2n) is 13.6. The fraction of sp³-hybridized carbons (Fsp3) is 0.871. The Morgan fingerprint density at radius 2 is 1.92 bits per heavy atom. The molecule has 4 fully saturated rings. The number of ether oxygens (including phenoxy) is 3. The average Bonchev–Trinajstić information content (AvgIpc) is 3.29. The highest BCUT2D eigenvalue weighted by Gasteiger charge is 2.65. The third kappa shape index (κ3) is 4.46. The van der Waals surface area contributed by atoms with Gasteiger partial charge in [0.25, 0.3) is 0 Å². The maximum atomic E-state index is 11.5. The molecule has 0 radical (unpaired) electrons. The van der Waals surface area contributed by atoms with Crippen LogP contribution < -0.4 is 0 Å². The molecule has 3 saturated carbocycles. The molecular formula is C31H48O5. The van der Waals surface area contributed by atoms with Gasteiger partial charge in [-0.15, -0.1) is 0 Å². The van der Waals surface area contributed by atoms with Crippen LogP contribution in [0.4, 0.5) is 0 Å². The number of hydrogen-bond donors (Lipinski definition) is 0. The van der Waals surface area contributed by atoms with Crippen molar-refractivity contribution < 1.29 is 23.8 Å². The highest BCUT2D eigenvalue weighted by Crippen LogP contribution is 2.69. The van der Waals surface area contributed by atoms with Crippen molar-refractivity contribution in [2.45, 2.75) is 118 Å². The van der Waals surface area contributed by atoms with Crippen molar-refractivity contribution in [2.75, 3.05) is 6.61 Å². The molecule has 4 aliphatic carbocycles. The van der Waals surface area contributed by atoms with E-state index >= 15 is 0 Å². The summed E-state index contributed by atoms with van der Waals surface area (Å²) < 4.78 is 17.7. The van der Waals surface area contributed by atoms with E-state index in [1.165, 1.54) is 39.5 Å². The standard InChI is InChI=1S/C31H48O5/c1-18(17-34-20(3)32)7-10-27-19(2)29-28(36-27)16-26-24-9-8-22-15-23(35-21(4)33)11-13-30(22,5)25(24)12-14-31(26,29)6/h8,18-19,23-29H,7,9-17H2,1-6H3/t18-,19-,23+,24-,25+,26+,27-,28+,29+,30+,31+/m1/s1. The lowest BCUT2D eigenvalue weighted by atomic mass is 9.47. The van der Waals surface area contributed by atoms with E-state index in [-0.39, 0.29) is 23.5 Å². The first-order chi connectivity index (χ1) is 17.0. The number of esters is 2. The summed E-state index contributed by atoms with van der Waals surface area (Å²) in [6, 6.07) is 0. The summed E-state index contributed by atoms with van der Waals surface area (Å²) in [5.74, 6) is 3.55. The van der Waals surface area contributed by atoms with Crippen LogP contribution in [0.3, 0.4) is 0 Å². The monoisotopic (exact) mass is 500 g/mol. The zero-order chi connectivity index (χ0) is 25.8. The lowest BCUT2D eigenvalue weighted by molar-refractivity contribution is -0.148. The zero-order valence-electron chi connectivity index (χ0n) is 23.4. The minimum absolute atomic E-state index is 0.0704. The average molecular weight is 501 g/mol. The molecule has 5 aliphatic rings. The van der Waals surface area contributed by atoms with Gasteiger partial charge in [0, 0.05) is 20.3 Å². The fourth-order valence-electron chi connectivity index (χ4n) is 9.77. The first-order valence-electron chi connectivity index (χ1n) is 14.7. The van der Waals surface area contributed by atoms with E-state index in [0.29, 0.717) is 42.0 Å². The van der Waals surface area contributed by atoms with Crippen molar-refractivity contribution in [2.24, 2.45) is 46.3 Å². The molecule has 36 heavy (non-hydrogen) atoms. The van der Waals surface area contributed by atoms with Gasteiger partial charge in [0.1, 0.15) is 6.10 Å². The van der Waals surface area contributed by atoms with E-state index in [1.54, 1.807) is 5.57 Å². The van der Waals surface area contributed by atoms with E-state index in [1.807, 2.05) is 0 Å². The Morgan fingerprint density at radius 3 is 2.64 bits per heavy atom. The lowest BCUT2D eigenvalue weighted by Crippen LogP contribution is -2.51. The molecule has 0 unspecified atom stereocenters. The Morgan fingerprint density at radius 1 is 1.14 bits per heavy atom. The van der Waals surface area contributed by atoms with Gasteiger partial charge in [0.15, 0.2) is 0 Å². The summed E-state index contributed by atoms with van der Waals surface area (Å²) >= 11 is 0. The van der Waals surface area contributed by atoms with Crippen molar-refractivity contribution in [3.05, 3.63) is 11.6 Å². The van der Waals surface area contributed by atoms with Crippen molar-refractivity contribution in [1.29, 1.82) is 0 Å². The first-order valence-corrected chi connectivity index (χ1v) is 14.7. The van der Waals surface area contributed by atoms with E-state index < -0.39 is 0 Å². The van der Waals surface area contributed by atoms with Crippen LogP contribution in [0.25, 0.3) is 0 Å². The van der Waals surface area contributed by atoms with Gasteiger partial charge in [0.2, 0.25) is 0 Å². The molecule has 1 saturated heterocycles. The predicted octanol–water partition coefficient (Wildman–Crippen LogP) is 6.49. The normalized spacial score (nSPS) is 46.0. The van der Waals surface area contributed by atoms with Crippen LogP contribution in [0.5, 0.6) is 0 Å². The molecule has 5 heteroatoms. The van der Waals surface area contributed by atoms with Crippen molar-refractivity contribution >= 4 is 11.9 Å². The van der Waals surface area contributed by atoms with E-state index in [2.05, 4.69) is 33.8 Å². The van der Waals surface area contributed by atoms with Gasteiger partial charge in [-0.25, -0.2) is 0 Å². The van der Waals surface area contributed by atoms with Gasteiger partial charge in [-0.2, -0.15) is 0 Å². The quantitative estimate of drug-likeness (QED) is 0.308. The van der Waals surface area contributed by atoms with Crippen LogP contribution >= 0.6 is 0 Å². The minimum Gasteiger partial charge on any atom is -0.466 e. The topological polar surface area (TPSA) is 61.8 Å². The molecule has 0 N–H and O–H groups in total. The van der Waals surface area contributed by atoms with E-state index in [9.17, 15) is 9.59 Å². The molecule has 0 spiro atoms. The van der Waals surface area contributed by atoms with Crippen LogP contribution in [0, 0.1) is 46.3 Å². The Kier molecular flexibility index (Phi) is 7.11. The molecule has 5 rings (SSSR count). The van der Waals surface area contributed by atoms with Crippen LogP contribution in [-0.2, 0) is 23.8 Å². The third-order valence-electron chi connectivity index (χ3n) is 11.5. The van der Waals surface area contributed by atoms with Gasteiger partial charge in [-0.05, 0) is 97.7 Å². The summed E-state index contributed by atoms with van der Waals surface area (Å²) in [6.07, 6.45) is 13.6. The summed E-state index contributed by atoms with van der Waals surface area (Å²) in [4.78, 5) is 22.7. The fourth-order valence-corrected chi connectivity index (χ4v) is 9.77. The molecule has 5 nitrogen and oxygen atoms in total. The van der Waals surface area contributed by atoms with Gasteiger partial charge < -0.3 is 14.2 Å². The highest BCUT2D eigenvalue weighted by atomic mass is 16.5. The highest BCUT2D eigenvalue weighted by molar-refractivity contribution is 5.66. The second-order valence-corrected chi connectivity index (χ2v) is 13.6. The maximum Gasteiger partial charge on any atom is 0.302 e. The second kappa shape index (κ2) is 9.75. The molecule has 0 aromatic heterocycles. The van der Waals surface area contributed by atoms with Gasteiger partial charge in [0.05, 0.1) is 18.8 Å². The van der Waals surface area contributed by atoms with Crippen molar-refractivity contribution in [3.8, 4) is 0 Å². The molecule has 11 atom stereocenters. The molecule has 202 valence electrons. The summed E-state index contributed by atoms with van der Waals surface area (Å²) in [7, 11) is 0. The van der Waals surface area contributed by atoms with Gasteiger partial charge in [-0.1, -0.05) is 39.3 Å². The number of rotatable bonds is 6. The van der Waals surface area contributed by atoms with Crippen LogP contribution in [-0.4, -0.2) is 36.9 Å².